The van der Waals surface area contributed by atoms with Gasteiger partial charge in [0.2, 0.25) is 0 Å². The van der Waals surface area contributed by atoms with E-state index in [-0.39, 0.29) is 0 Å². The lowest BCUT2D eigenvalue weighted by Gasteiger charge is -2.15. The first-order valence-corrected chi connectivity index (χ1v) is 5.81. The van der Waals surface area contributed by atoms with Gasteiger partial charge in [0, 0.05) is 25.5 Å². The summed E-state index contributed by atoms with van der Waals surface area (Å²) in [5.74, 6) is 0. The molecule has 0 aliphatic heterocycles. The Morgan fingerprint density at radius 2 is 2.06 bits per heavy atom. The maximum absolute atomic E-state index is 5.85. The molecule has 17 heavy (non-hydrogen) atoms. The monoisotopic (exact) mass is 247 g/mol. The molecule has 0 aromatic carbocycles. The summed E-state index contributed by atoms with van der Waals surface area (Å²) in [6.07, 6.45) is 3.66. The van der Waals surface area contributed by atoms with E-state index in [1.807, 2.05) is 24.4 Å². The summed E-state index contributed by atoms with van der Waals surface area (Å²) in [4.78, 5) is 10.5. The van der Waals surface area contributed by atoms with Crippen LogP contribution in [0.1, 0.15) is 11.3 Å². The van der Waals surface area contributed by atoms with Crippen LogP contribution in [0.3, 0.4) is 0 Å². The highest BCUT2D eigenvalue weighted by atomic mass is 35.5. The van der Waals surface area contributed by atoms with Crippen LogP contribution < -0.4 is 0 Å². The zero-order valence-corrected chi connectivity index (χ0v) is 10.4. The fourth-order valence-electron chi connectivity index (χ4n) is 1.67. The van der Waals surface area contributed by atoms with E-state index in [1.54, 1.807) is 12.3 Å². The van der Waals surface area contributed by atoms with Crippen LogP contribution >= 0.6 is 11.6 Å². The molecule has 0 saturated carbocycles. The Bertz CT molecular complexity index is 473. The van der Waals surface area contributed by atoms with Crippen LogP contribution in [0.15, 0.2) is 42.7 Å². The number of hydrogen-bond acceptors (Lipinski definition) is 3. The molecule has 0 saturated heterocycles. The Hall–Kier alpha value is -1.45. The van der Waals surface area contributed by atoms with Crippen molar-refractivity contribution in [3.05, 3.63) is 59.1 Å². The smallest absolute Gasteiger partial charge is 0.129 e. The fourth-order valence-corrected chi connectivity index (χ4v) is 1.86. The molecule has 4 heteroatoms. The van der Waals surface area contributed by atoms with Crippen LogP contribution in [0.25, 0.3) is 0 Å². The van der Waals surface area contributed by atoms with Gasteiger partial charge in [-0.2, -0.15) is 0 Å². The molecule has 3 nitrogen and oxygen atoms in total. The maximum Gasteiger partial charge on any atom is 0.129 e. The molecule has 0 atom stereocenters. The van der Waals surface area contributed by atoms with Crippen molar-refractivity contribution in [1.82, 2.24) is 14.9 Å². The third kappa shape index (κ3) is 3.80. The van der Waals surface area contributed by atoms with Crippen molar-refractivity contribution >= 4 is 11.6 Å². The Morgan fingerprint density at radius 1 is 1.18 bits per heavy atom. The van der Waals surface area contributed by atoms with Gasteiger partial charge in [0.1, 0.15) is 5.15 Å². The standard InChI is InChI=1S/C13H14ClN3/c1-17(9-11-4-3-7-15-8-11)10-12-5-2-6-13(14)16-12/h2-8H,9-10H2,1H3. The van der Waals surface area contributed by atoms with Gasteiger partial charge in [-0.05, 0) is 30.8 Å². The zero-order chi connectivity index (χ0) is 12.1. The second-order valence-corrected chi connectivity index (χ2v) is 4.37. The van der Waals surface area contributed by atoms with E-state index in [2.05, 4.69) is 28.0 Å². The first-order chi connectivity index (χ1) is 8.24. The minimum atomic E-state index is 0.539. The predicted octanol–water partition coefficient (Wildman–Crippen LogP) is 2.76. The van der Waals surface area contributed by atoms with Crippen molar-refractivity contribution in [2.75, 3.05) is 7.05 Å². The lowest BCUT2D eigenvalue weighted by atomic mass is 10.2. The van der Waals surface area contributed by atoms with Gasteiger partial charge in [0.25, 0.3) is 0 Å². The molecule has 0 bridgehead atoms. The number of nitrogens with zero attached hydrogens (tertiary/aromatic N) is 3. The molecule has 0 unspecified atom stereocenters. The highest BCUT2D eigenvalue weighted by molar-refractivity contribution is 6.29. The van der Waals surface area contributed by atoms with Crippen LogP contribution in [0.5, 0.6) is 0 Å². The summed E-state index contributed by atoms with van der Waals surface area (Å²) in [6, 6.07) is 9.69. The van der Waals surface area contributed by atoms with E-state index in [0.29, 0.717) is 5.15 Å². The number of hydrogen-bond donors (Lipinski definition) is 0. The summed E-state index contributed by atoms with van der Waals surface area (Å²) in [6.45, 7) is 1.62. The molecule has 2 rings (SSSR count). The highest BCUT2D eigenvalue weighted by Gasteiger charge is 2.03. The average Bonchev–Trinajstić information content (AvgIpc) is 2.30. The van der Waals surface area contributed by atoms with E-state index < -0.39 is 0 Å². The predicted molar refractivity (Wildman–Crippen MR) is 68.7 cm³/mol. The zero-order valence-electron chi connectivity index (χ0n) is 9.68. The molecular formula is C13H14ClN3. The molecule has 0 aliphatic rings. The van der Waals surface area contributed by atoms with Crippen molar-refractivity contribution in [2.45, 2.75) is 13.1 Å². The first kappa shape index (κ1) is 12.0. The summed E-state index contributed by atoms with van der Waals surface area (Å²) < 4.78 is 0. The van der Waals surface area contributed by atoms with Crippen molar-refractivity contribution in [1.29, 1.82) is 0 Å². The van der Waals surface area contributed by atoms with Gasteiger partial charge in [-0.25, -0.2) is 4.98 Å². The number of pyridine rings is 2. The van der Waals surface area contributed by atoms with Gasteiger partial charge in [0.05, 0.1) is 5.69 Å². The Kier molecular flexibility index (Phi) is 4.07. The van der Waals surface area contributed by atoms with Gasteiger partial charge < -0.3 is 0 Å². The van der Waals surface area contributed by atoms with E-state index in [0.717, 1.165) is 18.8 Å². The molecule has 88 valence electrons. The first-order valence-electron chi connectivity index (χ1n) is 5.43. The minimum Gasteiger partial charge on any atom is -0.296 e. The van der Waals surface area contributed by atoms with Crippen LogP contribution in [0, 0.1) is 0 Å². The van der Waals surface area contributed by atoms with E-state index in [9.17, 15) is 0 Å². The lowest BCUT2D eigenvalue weighted by Crippen LogP contribution is -2.18. The van der Waals surface area contributed by atoms with Crippen LogP contribution in [0.2, 0.25) is 5.15 Å². The normalized spacial score (nSPS) is 10.8. The van der Waals surface area contributed by atoms with Gasteiger partial charge in [-0.15, -0.1) is 0 Å². The SMILES string of the molecule is CN(Cc1cccnc1)Cc1cccc(Cl)n1. The summed E-state index contributed by atoms with van der Waals surface area (Å²) >= 11 is 5.85. The number of aromatic nitrogens is 2. The molecule has 0 aliphatic carbocycles. The van der Waals surface area contributed by atoms with Crippen molar-refractivity contribution < 1.29 is 0 Å². The summed E-state index contributed by atoms with van der Waals surface area (Å²) in [7, 11) is 2.05. The Balaban J connectivity index is 1.96. The number of halogens is 1. The van der Waals surface area contributed by atoms with Gasteiger partial charge in [0.15, 0.2) is 0 Å². The largest absolute Gasteiger partial charge is 0.296 e. The third-order valence-corrected chi connectivity index (χ3v) is 2.59. The molecule has 0 amide bonds. The van der Waals surface area contributed by atoms with Gasteiger partial charge in [-0.1, -0.05) is 23.7 Å². The maximum atomic E-state index is 5.85. The van der Waals surface area contributed by atoms with E-state index in [1.165, 1.54) is 5.56 Å². The molecule has 0 radical (unpaired) electrons. The average molecular weight is 248 g/mol. The van der Waals surface area contributed by atoms with Crippen LogP contribution in [0.4, 0.5) is 0 Å². The van der Waals surface area contributed by atoms with Gasteiger partial charge in [-0.3, -0.25) is 9.88 Å². The Morgan fingerprint density at radius 3 is 2.76 bits per heavy atom. The highest BCUT2D eigenvalue weighted by Crippen LogP contribution is 2.08. The third-order valence-electron chi connectivity index (χ3n) is 2.38. The molecule has 2 aromatic heterocycles. The summed E-state index contributed by atoms with van der Waals surface area (Å²) in [5.41, 5.74) is 2.17. The fraction of sp³-hybridized carbons (Fsp3) is 0.231. The quantitative estimate of drug-likeness (QED) is 0.778. The molecular weight excluding hydrogens is 234 g/mol. The molecule has 0 N–H and O–H groups in total. The molecule has 2 heterocycles. The second kappa shape index (κ2) is 5.75. The topological polar surface area (TPSA) is 29.0 Å². The lowest BCUT2D eigenvalue weighted by molar-refractivity contribution is 0.315. The molecule has 0 fully saturated rings. The van der Waals surface area contributed by atoms with E-state index >= 15 is 0 Å². The van der Waals surface area contributed by atoms with Crippen molar-refractivity contribution in [3.8, 4) is 0 Å². The second-order valence-electron chi connectivity index (χ2n) is 3.99. The minimum absolute atomic E-state index is 0.539. The molecule has 2 aromatic rings. The van der Waals surface area contributed by atoms with E-state index in [4.69, 9.17) is 11.6 Å². The summed E-state index contributed by atoms with van der Waals surface area (Å²) in [5, 5.41) is 0.539. The van der Waals surface area contributed by atoms with Crippen LogP contribution in [-0.4, -0.2) is 21.9 Å². The molecule has 0 spiro atoms. The van der Waals surface area contributed by atoms with Crippen molar-refractivity contribution in [2.24, 2.45) is 0 Å². The van der Waals surface area contributed by atoms with Crippen LogP contribution in [-0.2, 0) is 13.1 Å². The van der Waals surface area contributed by atoms with Crippen molar-refractivity contribution in [3.63, 3.8) is 0 Å². The van der Waals surface area contributed by atoms with Gasteiger partial charge >= 0.3 is 0 Å². The Labute approximate surface area is 106 Å². The number of rotatable bonds is 4.